The number of hydrazine groups is 1. The summed E-state index contributed by atoms with van der Waals surface area (Å²) in [6.07, 6.45) is 4.03. The van der Waals surface area contributed by atoms with E-state index in [9.17, 15) is 0 Å². The van der Waals surface area contributed by atoms with E-state index < -0.39 is 0 Å². The van der Waals surface area contributed by atoms with Gasteiger partial charge < -0.3 is 0 Å². The Morgan fingerprint density at radius 3 is 1.62 bits per heavy atom. The lowest BCUT2D eigenvalue weighted by Crippen LogP contribution is -2.28. The van der Waals surface area contributed by atoms with Crippen LogP contribution in [0, 0.1) is 0 Å². The minimum Gasteiger partial charge on any atom is -0.294 e. The number of allylic oxidation sites excluding steroid dienone is 2. The van der Waals surface area contributed by atoms with E-state index in [0.29, 0.717) is 0 Å². The summed E-state index contributed by atoms with van der Waals surface area (Å²) in [5, 5.41) is 0. The maximum Gasteiger partial charge on any atom is 0.0920 e. The van der Waals surface area contributed by atoms with Crippen molar-refractivity contribution in [1.82, 2.24) is 10.9 Å². The van der Waals surface area contributed by atoms with Crippen molar-refractivity contribution in [3.05, 3.63) is 19.6 Å². The number of hydrogen-bond donors (Lipinski definition) is 2. The van der Waals surface area contributed by atoms with Gasteiger partial charge in [-0.25, -0.2) is 0 Å². The predicted molar refractivity (Wildman–Crippen MR) is 50.5 cm³/mol. The van der Waals surface area contributed by atoms with Crippen LogP contribution in [-0.2, 0) is 0 Å². The first kappa shape index (κ1) is 6.66. The molecule has 0 amide bonds. The van der Waals surface area contributed by atoms with Gasteiger partial charge in [0, 0.05) is 0 Å². The van der Waals surface area contributed by atoms with Crippen LogP contribution in [0.2, 0.25) is 0 Å². The van der Waals surface area contributed by atoms with Crippen LogP contribution in [0.4, 0.5) is 0 Å². The summed E-state index contributed by atoms with van der Waals surface area (Å²) in [6, 6.07) is 0. The Bertz CT molecular complexity index is 132. The zero-order chi connectivity index (χ0) is 5.98. The summed E-state index contributed by atoms with van der Waals surface area (Å²) in [5.74, 6) is 0. The molecule has 1 heterocycles. The molecule has 1 aliphatic heterocycles. The van der Waals surface area contributed by atoms with Gasteiger partial charge in [0.05, 0.1) is 7.41 Å². The highest BCUT2D eigenvalue weighted by molar-refractivity contribution is 14.1. The summed E-state index contributed by atoms with van der Waals surface area (Å²) < 4.78 is 2.23. The third-order valence-corrected chi connectivity index (χ3v) is 1.94. The maximum atomic E-state index is 2.95. The minimum absolute atomic E-state index is 1.11. The Labute approximate surface area is 75.0 Å². The van der Waals surface area contributed by atoms with E-state index in [2.05, 4.69) is 56.0 Å². The lowest BCUT2D eigenvalue weighted by molar-refractivity contribution is 0.757. The fourth-order valence-corrected chi connectivity index (χ4v) is 0.978. The van der Waals surface area contributed by atoms with Crippen molar-refractivity contribution in [3.63, 3.8) is 0 Å². The second-order valence-corrected chi connectivity index (χ2v) is 3.60. The molecule has 0 aromatic heterocycles. The minimum atomic E-state index is 1.11. The topological polar surface area (TPSA) is 24.1 Å². The van der Waals surface area contributed by atoms with Crippen molar-refractivity contribution in [1.29, 1.82) is 0 Å². The number of nitrogens with one attached hydrogen (secondary N) is 2. The Kier molecular flexibility index (Phi) is 2.42. The standard InChI is InChI=1S/C4H4I2N2/c5-3-1-2-4(6)8-7-3/h1-2,7-8H. The van der Waals surface area contributed by atoms with Gasteiger partial charge in [0.2, 0.25) is 0 Å². The molecule has 0 bridgehead atoms. The van der Waals surface area contributed by atoms with E-state index in [1.54, 1.807) is 0 Å². The molecule has 0 saturated heterocycles. The van der Waals surface area contributed by atoms with E-state index in [1.165, 1.54) is 0 Å². The van der Waals surface area contributed by atoms with Crippen molar-refractivity contribution in [2.24, 2.45) is 0 Å². The molecule has 0 aromatic rings. The Hall–Kier alpha value is 0.540. The van der Waals surface area contributed by atoms with Gasteiger partial charge in [0.15, 0.2) is 0 Å². The maximum absolute atomic E-state index is 2.95. The molecule has 4 heteroatoms. The molecule has 1 aliphatic rings. The number of hydrogen-bond acceptors (Lipinski definition) is 2. The fraction of sp³-hybridized carbons (Fsp3) is 0. The van der Waals surface area contributed by atoms with Crippen LogP contribution >= 0.6 is 45.2 Å². The fourth-order valence-electron chi connectivity index (χ4n) is 0.349. The van der Waals surface area contributed by atoms with Crippen molar-refractivity contribution in [3.8, 4) is 0 Å². The zero-order valence-corrected chi connectivity index (χ0v) is 8.23. The molecule has 2 nitrogen and oxygen atoms in total. The summed E-state index contributed by atoms with van der Waals surface area (Å²) in [6.45, 7) is 0. The summed E-state index contributed by atoms with van der Waals surface area (Å²) in [4.78, 5) is 0. The van der Waals surface area contributed by atoms with Crippen molar-refractivity contribution in [2.75, 3.05) is 0 Å². The van der Waals surface area contributed by atoms with Gasteiger partial charge in [-0.3, -0.25) is 10.9 Å². The zero-order valence-electron chi connectivity index (χ0n) is 3.91. The highest BCUT2D eigenvalue weighted by atomic mass is 127. The van der Waals surface area contributed by atoms with Crippen LogP contribution in [0.5, 0.6) is 0 Å². The van der Waals surface area contributed by atoms with Crippen molar-refractivity contribution >= 4 is 45.2 Å². The van der Waals surface area contributed by atoms with Gasteiger partial charge in [0.1, 0.15) is 0 Å². The van der Waals surface area contributed by atoms with Crippen LogP contribution in [0.15, 0.2) is 19.6 Å². The summed E-state index contributed by atoms with van der Waals surface area (Å²) in [7, 11) is 0. The number of halogens is 2. The Balaban J connectivity index is 2.65. The SMILES string of the molecule is IC1=CC=C(I)NN1. The van der Waals surface area contributed by atoms with Crippen molar-refractivity contribution in [2.45, 2.75) is 0 Å². The monoisotopic (exact) mass is 334 g/mol. The molecule has 0 aliphatic carbocycles. The third kappa shape index (κ3) is 1.81. The second kappa shape index (κ2) is 2.90. The second-order valence-electron chi connectivity index (χ2n) is 1.28. The lowest BCUT2D eigenvalue weighted by Gasteiger charge is -2.10. The Morgan fingerprint density at radius 1 is 1.00 bits per heavy atom. The van der Waals surface area contributed by atoms with Gasteiger partial charge in [0.25, 0.3) is 0 Å². The van der Waals surface area contributed by atoms with E-state index >= 15 is 0 Å². The molecule has 0 saturated carbocycles. The molecular formula is C4H4I2N2. The normalized spacial score (nSPS) is 17.8. The highest BCUT2D eigenvalue weighted by Gasteiger charge is 1.94. The van der Waals surface area contributed by atoms with Crippen LogP contribution in [0.25, 0.3) is 0 Å². The molecule has 2 N–H and O–H groups in total. The predicted octanol–water partition coefficient (Wildman–Crippen LogP) is 1.65. The van der Waals surface area contributed by atoms with E-state index in [0.717, 1.165) is 7.41 Å². The molecule has 44 valence electrons. The number of rotatable bonds is 0. The van der Waals surface area contributed by atoms with E-state index in [1.807, 2.05) is 12.2 Å². The summed E-state index contributed by atoms with van der Waals surface area (Å²) >= 11 is 4.41. The first-order valence-corrected chi connectivity index (χ1v) is 4.20. The van der Waals surface area contributed by atoms with Gasteiger partial charge in [-0.2, -0.15) is 0 Å². The lowest BCUT2D eigenvalue weighted by atomic mass is 10.5. The third-order valence-electron chi connectivity index (χ3n) is 0.677. The first-order valence-electron chi connectivity index (χ1n) is 2.04. The van der Waals surface area contributed by atoms with Crippen LogP contribution < -0.4 is 10.9 Å². The largest absolute Gasteiger partial charge is 0.294 e. The van der Waals surface area contributed by atoms with Gasteiger partial charge >= 0.3 is 0 Å². The van der Waals surface area contributed by atoms with Crippen molar-refractivity contribution < 1.29 is 0 Å². The molecule has 0 radical (unpaired) electrons. The van der Waals surface area contributed by atoms with Crippen LogP contribution in [0.1, 0.15) is 0 Å². The average molecular weight is 334 g/mol. The van der Waals surface area contributed by atoms with Crippen LogP contribution in [-0.4, -0.2) is 0 Å². The Morgan fingerprint density at radius 2 is 1.38 bits per heavy atom. The molecule has 8 heavy (non-hydrogen) atoms. The van der Waals surface area contributed by atoms with E-state index in [4.69, 9.17) is 0 Å². The van der Waals surface area contributed by atoms with Gasteiger partial charge in [-0.1, -0.05) is 0 Å². The van der Waals surface area contributed by atoms with Gasteiger partial charge in [-0.15, -0.1) is 0 Å². The average Bonchev–Trinajstić information content (AvgIpc) is 1.77. The molecule has 0 aromatic carbocycles. The van der Waals surface area contributed by atoms with Crippen LogP contribution in [0.3, 0.4) is 0 Å². The first-order chi connectivity index (χ1) is 3.79. The smallest absolute Gasteiger partial charge is 0.0920 e. The molecule has 0 unspecified atom stereocenters. The summed E-state index contributed by atoms with van der Waals surface area (Å²) in [5.41, 5.74) is 5.91. The molecule has 0 spiro atoms. The van der Waals surface area contributed by atoms with E-state index in [-0.39, 0.29) is 0 Å². The highest BCUT2D eigenvalue weighted by Crippen LogP contribution is 2.09. The quantitative estimate of drug-likeness (QED) is 0.520. The molecule has 0 atom stereocenters. The van der Waals surface area contributed by atoms with Gasteiger partial charge in [-0.05, 0) is 57.3 Å². The molecule has 0 fully saturated rings. The molecular weight excluding hydrogens is 330 g/mol. The molecule has 1 rings (SSSR count).